The molecule has 120 valence electrons. The average molecular weight is 315 g/mol. The molecule has 0 radical (unpaired) electrons. The van der Waals surface area contributed by atoms with Crippen LogP contribution in [-0.2, 0) is 4.79 Å². The highest BCUT2D eigenvalue weighted by Crippen LogP contribution is 2.44. The van der Waals surface area contributed by atoms with Crippen molar-refractivity contribution in [1.82, 2.24) is 9.88 Å². The van der Waals surface area contributed by atoms with E-state index >= 15 is 0 Å². The Kier molecular flexibility index (Phi) is 3.68. The summed E-state index contributed by atoms with van der Waals surface area (Å²) in [6.07, 6.45) is 3.35. The molecule has 0 bridgehead atoms. The fourth-order valence-corrected chi connectivity index (χ4v) is 3.41. The molecule has 1 saturated heterocycles. The predicted molar refractivity (Wildman–Crippen MR) is 79.8 cm³/mol. The summed E-state index contributed by atoms with van der Waals surface area (Å²) in [6, 6.07) is 1.80. The van der Waals surface area contributed by atoms with Gasteiger partial charge in [-0.1, -0.05) is 0 Å². The molecule has 3 rings (SSSR count). The minimum Gasteiger partial charge on any atom is -0.481 e. The number of aromatic amines is 1. The van der Waals surface area contributed by atoms with Crippen molar-refractivity contribution >= 4 is 11.9 Å². The van der Waals surface area contributed by atoms with Crippen LogP contribution in [0.3, 0.4) is 0 Å². The lowest BCUT2D eigenvalue weighted by Gasteiger charge is -2.17. The lowest BCUT2D eigenvalue weighted by atomic mass is 9.92. The van der Waals surface area contributed by atoms with E-state index in [2.05, 4.69) is 4.98 Å². The fraction of sp³-hybridized carbons (Fsp3) is 0.500. The maximum atomic E-state index is 12.7. The van der Waals surface area contributed by atoms with E-state index in [0.717, 1.165) is 12.8 Å². The van der Waals surface area contributed by atoms with Gasteiger partial charge in [-0.2, -0.15) is 5.26 Å². The molecule has 0 unspecified atom stereocenters. The standard InChI is InChI=1S/C16H17N3O4/c1-8-10(4-17)14(20)18-5-11(8)15(21)19-6-12(9-2-3-9)13(7-19)16(22)23/h5,9,12-13H,2-3,6-7H2,1H3,(H,18,20)(H,22,23)/t12-,13+/m0/s1. The van der Waals surface area contributed by atoms with Crippen LogP contribution in [0.25, 0.3) is 0 Å². The van der Waals surface area contributed by atoms with Crippen molar-refractivity contribution in [3.05, 3.63) is 33.2 Å². The second-order valence-corrected chi connectivity index (χ2v) is 6.30. The van der Waals surface area contributed by atoms with E-state index in [1.165, 1.54) is 11.1 Å². The van der Waals surface area contributed by atoms with Gasteiger partial charge >= 0.3 is 5.97 Å². The van der Waals surface area contributed by atoms with E-state index in [4.69, 9.17) is 5.26 Å². The number of carbonyl (C=O) groups is 2. The zero-order chi connectivity index (χ0) is 16.7. The number of carboxylic acids is 1. The molecule has 1 amide bonds. The predicted octanol–water partition coefficient (Wildman–Crippen LogP) is 0.738. The van der Waals surface area contributed by atoms with Crippen molar-refractivity contribution in [2.75, 3.05) is 13.1 Å². The van der Waals surface area contributed by atoms with Crippen LogP contribution in [0, 0.1) is 36.0 Å². The number of hydrogen-bond acceptors (Lipinski definition) is 4. The highest BCUT2D eigenvalue weighted by Gasteiger charge is 2.47. The largest absolute Gasteiger partial charge is 0.481 e. The summed E-state index contributed by atoms with van der Waals surface area (Å²) in [6.45, 7) is 2.15. The Labute approximate surface area is 132 Å². The molecule has 0 aromatic carbocycles. The first-order valence-electron chi connectivity index (χ1n) is 7.58. The maximum Gasteiger partial charge on any atom is 0.308 e. The molecular formula is C16H17N3O4. The molecule has 7 nitrogen and oxygen atoms in total. The quantitative estimate of drug-likeness (QED) is 0.853. The number of nitrogens with one attached hydrogen (secondary N) is 1. The van der Waals surface area contributed by atoms with E-state index in [1.54, 1.807) is 13.0 Å². The molecule has 23 heavy (non-hydrogen) atoms. The Morgan fingerprint density at radius 3 is 2.65 bits per heavy atom. The van der Waals surface area contributed by atoms with Gasteiger partial charge in [-0.3, -0.25) is 14.4 Å². The topological polar surface area (TPSA) is 114 Å². The third kappa shape index (κ3) is 2.61. The van der Waals surface area contributed by atoms with Crippen molar-refractivity contribution in [2.24, 2.45) is 17.8 Å². The minimum absolute atomic E-state index is 0.00467. The number of hydrogen-bond donors (Lipinski definition) is 2. The van der Waals surface area contributed by atoms with Crippen LogP contribution in [0.2, 0.25) is 0 Å². The van der Waals surface area contributed by atoms with E-state index in [9.17, 15) is 19.5 Å². The number of likely N-dealkylation sites (tertiary alicyclic amines) is 1. The van der Waals surface area contributed by atoms with Gasteiger partial charge in [-0.15, -0.1) is 0 Å². The zero-order valence-electron chi connectivity index (χ0n) is 12.7. The van der Waals surface area contributed by atoms with Gasteiger partial charge in [0.2, 0.25) is 0 Å². The van der Waals surface area contributed by atoms with Crippen LogP contribution >= 0.6 is 0 Å². The van der Waals surface area contributed by atoms with Crippen LogP contribution in [-0.4, -0.2) is 40.0 Å². The fourth-order valence-electron chi connectivity index (χ4n) is 3.41. The molecule has 2 fully saturated rings. The molecule has 1 aromatic rings. The third-order valence-corrected chi connectivity index (χ3v) is 4.89. The number of carboxylic acid groups (broad SMARTS) is 1. The van der Waals surface area contributed by atoms with Crippen LogP contribution in [0.5, 0.6) is 0 Å². The first-order valence-corrected chi connectivity index (χ1v) is 7.58. The van der Waals surface area contributed by atoms with Crippen LogP contribution in [0.15, 0.2) is 11.0 Å². The molecular weight excluding hydrogens is 298 g/mol. The third-order valence-electron chi connectivity index (χ3n) is 4.89. The highest BCUT2D eigenvalue weighted by molar-refractivity contribution is 5.96. The van der Waals surface area contributed by atoms with Gasteiger partial charge in [-0.25, -0.2) is 0 Å². The number of aromatic nitrogens is 1. The summed E-state index contributed by atoms with van der Waals surface area (Å²) in [5.41, 5.74) is -0.0180. The Morgan fingerprint density at radius 2 is 2.09 bits per heavy atom. The number of pyridine rings is 1. The average Bonchev–Trinajstić information content (AvgIpc) is 3.25. The second kappa shape index (κ2) is 5.54. The Morgan fingerprint density at radius 1 is 1.39 bits per heavy atom. The minimum atomic E-state index is -0.867. The molecule has 7 heteroatoms. The van der Waals surface area contributed by atoms with Gasteiger partial charge in [0, 0.05) is 19.3 Å². The monoisotopic (exact) mass is 315 g/mol. The number of carbonyl (C=O) groups excluding carboxylic acids is 1. The first kappa shape index (κ1) is 15.3. The van der Waals surface area contributed by atoms with Gasteiger partial charge in [0.1, 0.15) is 11.6 Å². The van der Waals surface area contributed by atoms with Crippen molar-refractivity contribution < 1.29 is 14.7 Å². The van der Waals surface area contributed by atoms with Gasteiger partial charge in [0.25, 0.3) is 11.5 Å². The van der Waals surface area contributed by atoms with Crippen LogP contribution in [0.1, 0.15) is 34.3 Å². The molecule has 2 heterocycles. The van der Waals surface area contributed by atoms with Crippen molar-refractivity contribution in [3.8, 4) is 6.07 Å². The molecule has 0 spiro atoms. The SMILES string of the molecule is Cc1c(C(=O)N2C[C@@H](C(=O)O)[C@H](C3CC3)C2)c[nH]c(=O)c1C#N. The summed E-state index contributed by atoms with van der Waals surface area (Å²) < 4.78 is 0. The Balaban J connectivity index is 1.88. The summed E-state index contributed by atoms with van der Waals surface area (Å²) in [4.78, 5) is 39.6. The van der Waals surface area contributed by atoms with E-state index < -0.39 is 17.4 Å². The van der Waals surface area contributed by atoms with Gasteiger partial charge in [-0.05, 0) is 37.2 Å². The lowest BCUT2D eigenvalue weighted by molar-refractivity contribution is -0.142. The van der Waals surface area contributed by atoms with Crippen LogP contribution < -0.4 is 5.56 Å². The number of nitriles is 1. The van der Waals surface area contributed by atoms with E-state index in [1.807, 2.05) is 0 Å². The number of nitrogens with zero attached hydrogens (tertiary/aromatic N) is 2. The molecule has 1 saturated carbocycles. The smallest absolute Gasteiger partial charge is 0.308 e. The summed E-state index contributed by atoms with van der Waals surface area (Å²) in [7, 11) is 0. The summed E-state index contributed by atoms with van der Waals surface area (Å²) >= 11 is 0. The molecule has 1 aliphatic carbocycles. The molecule has 1 aromatic heterocycles. The molecule has 2 N–H and O–H groups in total. The Hall–Kier alpha value is -2.62. The van der Waals surface area contributed by atoms with Crippen molar-refractivity contribution in [1.29, 1.82) is 5.26 Å². The van der Waals surface area contributed by atoms with Gasteiger partial charge < -0.3 is 15.0 Å². The maximum absolute atomic E-state index is 12.7. The molecule has 2 aliphatic rings. The first-order chi connectivity index (χ1) is 10.9. The van der Waals surface area contributed by atoms with Crippen LogP contribution in [0.4, 0.5) is 0 Å². The summed E-state index contributed by atoms with van der Waals surface area (Å²) in [5.74, 6) is -1.35. The van der Waals surface area contributed by atoms with E-state index in [0.29, 0.717) is 18.0 Å². The van der Waals surface area contributed by atoms with Crippen molar-refractivity contribution in [3.63, 3.8) is 0 Å². The number of H-pyrrole nitrogens is 1. The molecule has 1 aliphatic heterocycles. The number of rotatable bonds is 3. The van der Waals surface area contributed by atoms with E-state index in [-0.39, 0.29) is 29.5 Å². The summed E-state index contributed by atoms with van der Waals surface area (Å²) in [5, 5.41) is 18.4. The van der Waals surface area contributed by atoms with Crippen molar-refractivity contribution in [2.45, 2.75) is 19.8 Å². The number of amides is 1. The normalized spacial score (nSPS) is 23.6. The highest BCUT2D eigenvalue weighted by atomic mass is 16.4. The molecule has 2 atom stereocenters. The zero-order valence-corrected chi connectivity index (χ0v) is 12.7. The van der Waals surface area contributed by atoms with Gasteiger partial charge in [0.05, 0.1) is 11.5 Å². The second-order valence-electron chi connectivity index (χ2n) is 6.30. The lowest BCUT2D eigenvalue weighted by Crippen LogP contribution is -2.31. The van der Waals surface area contributed by atoms with Gasteiger partial charge in [0.15, 0.2) is 0 Å². The Bertz CT molecular complexity index is 773. The number of aliphatic carboxylic acids is 1.